The fourth-order valence-corrected chi connectivity index (χ4v) is 3.20. The zero-order chi connectivity index (χ0) is 17.2. The number of benzene rings is 2. The van der Waals surface area contributed by atoms with Gasteiger partial charge in [-0.05, 0) is 30.0 Å². The lowest BCUT2D eigenvalue weighted by molar-refractivity contribution is -0.122. The van der Waals surface area contributed by atoms with Gasteiger partial charge in [0.2, 0.25) is 5.91 Å². The van der Waals surface area contributed by atoms with Gasteiger partial charge in [-0.15, -0.1) is 0 Å². The van der Waals surface area contributed by atoms with Crippen LogP contribution >= 0.6 is 11.6 Å². The van der Waals surface area contributed by atoms with Crippen LogP contribution in [0.3, 0.4) is 0 Å². The summed E-state index contributed by atoms with van der Waals surface area (Å²) in [5.74, 6) is 0.224. The van der Waals surface area contributed by atoms with Gasteiger partial charge in [-0.25, -0.2) is 10.4 Å². The first-order valence-electron chi connectivity index (χ1n) is 8.15. The van der Waals surface area contributed by atoms with Crippen molar-refractivity contribution in [1.82, 2.24) is 10.4 Å². The molecular formula is C20H16ClN3O. The molecule has 1 amide bonds. The monoisotopic (exact) mass is 349 g/mol. The van der Waals surface area contributed by atoms with Crippen LogP contribution in [0.15, 0.2) is 65.8 Å². The highest BCUT2D eigenvalue weighted by atomic mass is 35.5. The van der Waals surface area contributed by atoms with Gasteiger partial charge in [-0.1, -0.05) is 60.1 Å². The Hall–Kier alpha value is -2.72. The van der Waals surface area contributed by atoms with Gasteiger partial charge < -0.3 is 0 Å². The minimum absolute atomic E-state index is 0.00949. The van der Waals surface area contributed by atoms with E-state index in [1.54, 1.807) is 6.21 Å². The average molecular weight is 350 g/mol. The Morgan fingerprint density at radius 3 is 2.76 bits per heavy atom. The predicted octanol–water partition coefficient (Wildman–Crippen LogP) is 4.14. The highest BCUT2D eigenvalue weighted by Crippen LogP contribution is 2.47. The fourth-order valence-electron chi connectivity index (χ4n) is 3.00. The summed E-state index contributed by atoms with van der Waals surface area (Å²) in [6, 6.07) is 19.7. The maximum atomic E-state index is 12.2. The number of carbonyl (C=O) groups excluding carboxylic acids is 1. The van der Waals surface area contributed by atoms with Crippen molar-refractivity contribution < 1.29 is 4.79 Å². The largest absolute Gasteiger partial charge is 0.273 e. The van der Waals surface area contributed by atoms with Crippen LogP contribution in [0.5, 0.6) is 0 Å². The Labute approximate surface area is 150 Å². The van der Waals surface area contributed by atoms with Crippen molar-refractivity contribution in [2.24, 2.45) is 11.0 Å². The summed E-state index contributed by atoms with van der Waals surface area (Å²) in [5, 5.41) is 5.39. The Bertz CT molecular complexity index is 956. The van der Waals surface area contributed by atoms with Crippen LogP contribution in [0.1, 0.15) is 23.5 Å². The van der Waals surface area contributed by atoms with Crippen molar-refractivity contribution >= 4 is 34.6 Å². The van der Waals surface area contributed by atoms with Crippen LogP contribution in [0.25, 0.3) is 10.9 Å². The molecule has 0 bridgehead atoms. The summed E-state index contributed by atoms with van der Waals surface area (Å²) in [5.41, 5.74) is 5.32. The summed E-state index contributed by atoms with van der Waals surface area (Å²) in [7, 11) is 0. The lowest BCUT2D eigenvalue weighted by Crippen LogP contribution is -2.20. The van der Waals surface area contributed by atoms with Crippen LogP contribution in [0.4, 0.5) is 0 Å². The van der Waals surface area contributed by atoms with Gasteiger partial charge in [-0.3, -0.25) is 4.79 Å². The molecule has 3 aromatic rings. The molecule has 25 heavy (non-hydrogen) atoms. The van der Waals surface area contributed by atoms with Crippen LogP contribution in [0, 0.1) is 5.92 Å². The number of rotatable bonds is 4. The van der Waals surface area contributed by atoms with Gasteiger partial charge in [0.15, 0.2) is 0 Å². The third-order valence-electron chi connectivity index (χ3n) is 4.44. The Balaban J connectivity index is 1.42. The molecule has 0 spiro atoms. The average Bonchev–Trinajstić information content (AvgIpc) is 3.44. The standard InChI is InChI=1S/C20H16ClN3O/c21-19-15(10-14-8-4-5-9-18(14)23-19)12-22-24-20(25)17-11-16(17)13-6-2-1-3-7-13/h1-10,12,16-17H,11H2,(H,24,25)/t16-,17+/m0/s1. The van der Waals surface area contributed by atoms with Crippen LogP contribution in [-0.4, -0.2) is 17.1 Å². The molecule has 0 radical (unpaired) electrons. The van der Waals surface area contributed by atoms with Crippen LogP contribution < -0.4 is 5.43 Å². The molecule has 4 nitrogen and oxygen atoms in total. The fraction of sp³-hybridized carbons (Fsp3) is 0.150. The number of aromatic nitrogens is 1. The number of hydrogen-bond donors (Lipinski definition) is 1. The first-order valence-corrected chi connectivity index (χ1v) is 8.53. The number of nitrogens with zero attached hydrogens (tertiary/aromatic N) is 2. The third kappa shape index (κ3) is 3.39. The highest BCUT2D eigenvalue weighted by molar-refractivity contribution is 6.32. The molecule has 1 aromatic heterocycles. The van der Waals surface area contributed by atoms with E-state index in [1.807, 2.05) is 48.5 Å². The minimum atomic E-state index is -0.0602. The van der Waals surface area contributed by atoms with Gasteiger partial charge in [0.05, 0.1) is 11.7 Å². The number of hydrogen-bond acceptors (Lipinski definition) is 3. The summed E-state index contributed by atoms with van der Waals surface area (Å²) in [6.45, 7) is 0. The van der Waals surface area contributed by atoms with E-state index >= 15 is 0 Å². The van der Waals surface area contributed by atoms with Gasteiger partial charge in [0.1, 0.15) is 5.15 Å². The number of pyridine rings is 1. The van der Waals surface area contributed by atoms with E-state index in [4.69, 9.17) is 11.6 Å². The molecule has 1 saturated carbocycles. The molecule has 1 aliphatic carbocycles. The molecule has 0 aliphatic heterocycles. The topological polar surface area (TPSA) is 54.4 Å². The van der Waals surface area contributed by atoms with Crippen LogP contribution in [0.2, 0.25) is 5.15 Å². The predicted molar refractivity (Wildman–Crippen MR) is 99.8 cm³/mol. The maximum absolute atomic E-state index is 12.2. The Kier molecular flexibility index (Phi) is 4.20. The number of halogens is 1. The maximum Gasteiger partial charge on any atom is 0.243 e. The lowest BCUT2D eigenvalue weighted by atomic mass is 10.1. The second-order valence-corrected chi connectivity index (χ2v) is 6.51. The van der Waals surface area contributed by atoms with Crippen LogP contribution in [-0.2, 0) is 4.79 Å². The molecule has 5 heteroatoms. The summed E-state index contributed by atoms with van der Waals surface area (Å²) in [4.78, 5) is 16.5. The van der Waals surface area contributed by atoms with Gasteiger partial charge in [-0.2, -0.15) is 5.10 Å². The third-order valence-corrected chi connectivity index (χ3v) is 4.74. The molecular weight excluding hydrogens is 334 g/mol. The van der Waals surface area contributed by atoms with E-state index in [0.29, 0.717) is 16.6 Å². The number of fused-ring (bicyclic) bond motifs is 1. The van der Waals surface area contributed by atoms with Crippen molar-refractivity contribution in [3.8, 4) is 0 Å². The second kappa shape index (κ2) is 6.65. The summed E-state index contributed by atoms with van der Waals surface area (Å²) in [6.07, 6.45) is 2.41. The Morgan fingerprint density at radius 1 is 1.16 bits per heavy atom. The van der Waals surface area contributed by atoms with E-state index in [9.17, 15) is 4.79 Å². The van der Waals surface area contributed by atoms with Gasteiger partial charge in [0.25, 0.3) is 0 Å². The van der Waals surface area contributed by atoms with E-state index in [2.05, 4.69) is 27.6 Å². The zero-order valence-corrected chi connectivity index (χ0v) is 14.1. The SMILES string of the molecule is O=C(NN=Cc1cc2ccccc2nc1Cl)[C@@H]1C[C@H]1c1ccccc1. The van der Waals surface area contributed by atoms with Crippen molar-refractivity contribution in [1.29, 1.82) is 0 Å². The molecule has 0 saturated heterocycles. The smallest absolute Gasteiger partial charge is 0.243 e. The summed E-state index contributed by atoms with van der Waals surface area (Å²) >= 11 is 6.18. The van der Waals surface area contributed by atoms with E-state index in [0.717, 1.165) is 17.3 Å². The number of carbonyl (C=O) groups is 1. The van der Waals surface area contributed by atoms with Gasteiger partial charge in [0, 0.05) is 16.9 Å². The molecule has 124 valence electrons. The number of amides is 1. The Morgan fingerprint density at radius 2 is 1.92 bits per heavy atom. The molecule has 1 aliphatic rings. The molecule has 2 aromatic carbocycles. The molecule has 4 rings (SSSR count). The quantitative estimate of drug-likeness (QED) is 0.437. The van der Waals surface area contributed by atoms with Crippen molar-refractivity contribution in [3.63, 3.8) is 0 Å². The zero-order valence-electron chi connectivity index (χ0n) is 13.4. The van der Waals surface area contributed by atoms with E-state index in [1.165, 1.54) is 5.56 Å². The van der Waals surface area contributed by atoms with Gasteiger partial charge >= 0.3 is 0 Å². The second-order valence-electron chi connectivity index (χ2n) is 6.15. The molecule has 1 N–H and O–H groups in total. The highest BCUT2D eigenvalue weighted by Gasteiger charge is 2.43. The summed E-state index contributed by atoms with van der Waals surface area (Å²) < 4.78 is 0. The van der Waals surface area contributed by atoms with Crippen molar-refractivity contribution in [2.45, 2.75) is 12.3 Å². The lowest BCUT2D eigenvalue weighted by Gasteiger charge is -2.02. The normalized spacial score (nSPS) is 19.2. The molecule has 1 heterocycles. The van der Waals surface area contributed by atoms with Crippen molar-refractivity contribution in [3.05, 3.63) is 76.9 Å². The van der Waals surface area contributed by atoms with E-state index < -0.39 is 0 Å². The minimum Gasteiger partial charge on any atom is -0.273 e. The number of hydrazone groups is 1. The van der Waals surface area contributed by atoms with E-state index in [-0.39, 0.29) is 11.8 Å². The first-order chi connectivity index (χ1) is 12.2. The molecule has 1 fully saturated rings. The first kappa shape index (κ1) is 15.8. The molecule has 2 atom stereocenters. The van der Waals surface area contributed by atoms with Crippen molar-refractivity contribution in [2.75, 3.05) is 0 Å². The number of para-hydroxylation sites is 1. The molecule has 0 unspecified atom stereocenters. The number of nitrogens with one attached hydrogen (secondary N) is 1.